The third-order valence-electron chi connectivity index (χ3n) is 2.54. The van der Waals surface area contributed by atoms with Crippen LogP contribution in [0.4, 0.5) is 0 Å². The highest BCUT2D eigenvalue weighted by Gasteiger charge is 2.14. The van der Waals surface area contributed by atoms with E-state index in [1.54, 1.807) is 44.7 Å². The maximum Gasteiger partial charge on any atom is 0.161 e. The van der Waals surface area contributed by atoms with Gasteiger partial charge in [0.25, 0.3) is 0 Å². The number of hydrogen-bond donors (Lipinski definition) is 2. The summed E-state index contributed by atoms with van der Waals surface area (Å²) in [5.74, 6) is 1.22. The fourth-order valence-electron chi connectivity index (χ4n) is 1.62. The molecule has 0 fully saturated rings. The van der Waals surface area contributed by atoms with E-state index in [0.29, 0.717) is 22.8 Å². The molecule has 2 N–H and O–H groups in total. The molecular formula is C12H14N2O3. The van der Waals surface area contributed by atoms with E-state index in [1.165, 1.54) is 0 Å². The number of ether oxygens (including phenoxy) is 2. The number of nitrogens with one attached hydrogen (secondary N) is 1. The molecule has 0 aliphatic carbocycles. The summed E-state index contributed by atoms with van der Waals surface area (Å²) < 4.78 is 10.3. The van der Waals surface area contributed by atoms with Gasteiger partial charge in [-0.3, -0.25) is 5.10 Å². The van der Waals surface area contributed by atoms with Gasteiger partial charge in [-0.2, -0.15) is 5.10 Å². The van der Waals surface area contributed by atoms with Crippen LogP contribution in [0.1, 0.15) is 17.4 Å². The summed E-state index contributed by atoms with van der Waals surface area (Å²) >= 11 is 0. The highest BCUT2D eigenvalue weighted by atomic mass is 16.5. The molecule has 2 rings (SSSR count). The molecule has 0 amide bonds. The number of nitrogens with zero attached hydrogens (tertiary/aromatic N) is 1. The first-order chi connectivity index (χ1) is 8.26. The van der Waals surface area contributed by atoms with Gasteiger partial charge in [-0.1, -0.05) is 6.07 Å². The van der Waals surface area contributed by atoms with E-state index in [2.05, 4.69) is 10.2 Å². The molecule has 1 unspecified atom stereocenters. The summed E-state index contributed by atoms with van der Waals surface area (Å²) in [4.78, 5) is 0. The van der Waals surface area contributed by atoms with Gasteiger partial charge < -0.3 is 14.6 Å². The fourth-order valence-corrected chi connectivity index (χ4v) is 1.62. The van der Waals surface area contributed by atoms with Crippen molar-refractivity contribution in [2.45, 2.75) is 6.10 Å². The first kappa shape index (κ1) is 11.5. The maximum atomic E-state index is 10.1. The Kier molecular flexibility index (Phi) is 3.30. The van der Waals surface area contributed by atoms with Crippen molar-refractivity contribution in [3.05, 3.63) is 41.7 Å². The third kappa shape index (κ3) is 2.24. The van der Waals surface area contributed by atoms with E-state index in [0.717, 1.165) is 0 Å². The summed E-state index contributed by atoms with van der Waals surface area (Å²) in [5.41, 5.74) is 1.35. The Morgan fingerprint density at radius 1 is 1.18 bits per heavy atom. The lowest BCUT2D eigenvalue weighted by molar-refractivity contribution is 0.214. The summed E-state index contributed by atoms with van der Waals surface area (Å²) in [6.45, 7) is 0. The zero-order valence-electron chi connectivity index (χ0n) is 9.68. The molecule has 5 heteroatoms. The molecule has 0 saturated carbocycles. The van der Waals surface area contributed by atoms with Crippen molar-refractivity contribution in [1.29, 1.82) is 0 Å². The molecule has 0 radical (unpaired) electrons. The van der Waals surface area contributed by atoms with Crippen LogP contribution in [0.5, 0.6) is 11.5 Å². The van der Waals surface area contributed by atoms with Crippen LogP contribution in [-0.2, 0) is 0 Å². The van der Waals surface area contributed by atoms with E-state index < -0.39 is 6.10 Å². The largest absolute Gasteiger partial charge is 0.493 e. The van der Waals surface area contributed by atoms with E-state index >= 15 is 0 Å². The molecule has 17 heavy (non-hydrogen) atoms. The van der Waals surface area contributed by atoms with Crippen LogP contribution >= 0.6 is 0 Å². The SMILES string of the molecule is COc1ccc(C(O)c2ccn[nH]2)cc1OC. The topological polar surface area (TPSA) is 67.4 Å². The van der Waals surface area contributed by atoms with Gasteiger partial charge in [0, 0.05) is 6.20 Å². The van der Waals surface area contributed by atoms with Gasteiger partial charge in [-0.15, -0.1) is 0 Å². The number of aliphatic hydroxyl groups excluding tert-OH is 1. The predicted octanol–water partition coefficient (Wildman–Crippen LogP) is 1.51. The summed E-state index contributed by atoms with van der Waals surface area (Å²) in [7, 11) is 3.13. The Bertz CT molecular complexity index is 483. The van der Waals surface area contributed by atoms with Crippen LogP contribution in [0.15, 0.2) is 30.5 Å². The molecular weight excluding hydrogens is 220 g/mol. The zero-order valence-corrected chi connectivity index (χ0v) is 9.68. The molecule has 0 bridgehead atoms. The molecule has 5 nitrogen and oxygen atoms in total. The first-order valence-corrected chi connectivity index (χ1v) is 5.15. The van der Waals surface area contributed by atoms with E-state index in [-0.39, 0.29) is 0 Å². The summed E-state index contributed by atoms with van der Waals surface area (Å²) in [5, 5.41) is 16.6. The summed E-state index contributed by atoms with van der Waals surface area (Å²) in [6, 6.07) is 7.01. The summed E-state index contributed by atoms with van der Waals surface area (Å²) in [6.07, 6.45) is 0.844. The fraction of sp³-hybridized carbons (Fsp3) is 0.250. The van der Waals surface area contributed by atoms with Crippen LogP contribution in [0.25, 0.3) is 0 Å². The van der Waals surface area contributed by atoms with Crippen LogP contribution in [0.3, 0.4) is 0 Å². The molecule has 90 valence electrons. The number of methoxy groups -OCH3 is 2. The third-order valence-corrected chi connectivity index (χ3v) is 2.54. The molecule has 1 atom stereocenters. The van der Waals surface area contributed by atoms with Gasteiger partial charge in [0.1, 0.15) is 6.10 Å². The number of aromatic nitrogens is 2. The highest BCUT2D eigenvalue weighted by molar-refractivity contribution is 5.44. The lowest BCUT2D eigenvalue weighted by atomic mass is 10.1. The average molecular weight is 234 g/mol. The molecule has 1 aromatic heterocycles. The molecule has 0 aliphatic rings. The van der Waals surface area contributed by atoms with Gasteiger partial charge in [0.2, 0.25) is 0 Å². The van der Waals surface area contributed by atoms with Gasteiger partial charge in [0.15, 0.2) is 11.5 Å². The zero-order chi connectivity index (χ0) is 12.3. The van der Waals surface area contributed by atoms with Crippen molar-refractivity contribution in [3.8, 4) is 11.5 Å². The molecule has 1 aromatic carbocycles. The second-order valence-corrected chi connectivity index (χ2v) is 3.53. The van der Waals surface area contributed by atoms with Crippen LogP contribution in [-0.4, -0.2) is 29.5 Å². The number of aromatic amines is 1. The molecule has 0 spiro atoms. The molecule has 2 aromatic rings. The predicted molar refractivity (Wildman–Crippen MR) is 62.2 cm³/mol. The standard InChI is InChI=1S/C12H14N2O3/c1-16-10-4-3-8(7-11(10)17-2)12(15)9-5-6-13-14-9/h3-7,12,15H,1-2H3,(H,13,14). The minimum absolute atomic E-state index is 0.587. The van der Waals surface area contributed by atoms with Gasteiger partial charge >= 0.3 is 0 Å². The Balaban J connectivity index is 2.33. The lowest BCUT2D eigenvalue weighted by Crippen LogP contribution is -2.01. The van der Waals surface area contributed by atoms with Crippen molar-refractivity contribution >= 4 is 0 Å². The van der Waals surface area contributed by atoms with E-state index in [1.807, 2.05) is 0 Å². The van der Waals surface area contributed by atoms with E-state index in [4.69, 9.17) is 9.47 Å². The normalized spacial score (nSPS) is 12.2. The lowest BCUT2D eigenvalue weighted by Gasteiger charge is -2.12. The Morgan fingerprint density at radius 3 is 2.53 bits per heavy atom. The Morgan fingerprint density at radius 2 is 1.94 bits per heavy atom. The van der Waals surface area contributed by atoms with Crippen molar-refractivity contribution in [2.24, 2.45) is 0 Å². The number of rotatable bonds is 4. The maximum absolute atomic E-state index is 10.1. The van der Waals surface area contributed by atoms with Gasteiger partial charge in [-0.05, 0) is 23.8 Å². The first-order valence-electron chi connectivity index (χ1n) is 5.15. The highest BCUT2D eigenvalue weighted by Crippen LogP contribution is 2.31. The number of H-pyrrole nitrogens is 1. The van der Waals surface area contributed by atoms with Crippen LogP contribution in [0.2, 0.25) is 0 Å². The van der Waals surface area contributed by atoms with Gasteiger partial charge in [0.05, 0.1) is 19.9 Å². The minimum atomic E-state index is -0.752. The van der Waals surface area contributed by atoms with Crippen molar-refractivity contribution < 1.29 is 14.6 Å². The van der Waals surface area contributed by atoms with Crippen molar-refractivity contribution in [1.82, 2.24) is 10.2 Å². The number of aliphatic hydroxyl groups is 1. The van der Waals surface area contributed by atoms with E-state index in [9.17, 15) is 5.11 Å². The number of benzene rings is 1. The average Bonchev–Trinajstić information content (AvgIpc) is 2.90. The van der Waals surface area contributed by atoms with Crippen molar-refractivity contribution in [3.63, 3.8) is 0 Å². The monoisotopic (exact) mass is 234 g/mol. The number of hydrogen-bond acceptors (Lipinski definition) is 4. The smallest absolute Gasteiger partial charge is 0.161 e. The van der Waals surface area contributed by atoms with Crippen molar-refractivity contribution in [2.75, 3.05) is 14.2 Å². The second-order valence-electron chi connectivity index (χ2n) is 3.53. The Labute approximate surface area is 99.0 Å². The van der Waals surface area contributed by atoms with Gasteiger partial charge in [-0.25, -0.2) is 0 Å². The molecule has 1 heterocycles. The molecule has 0 aliphatic heterocycles. The second kappa shape index (κ2) is 4.88. The van der Waals surface area contributed by atoms with Crippen LogP contribution < -0.4 is 9.47 Å². The quantitative estimate of drug-likeness (QED) is 0.841. The van der Waals surface area contributed by atoms with Crippen LogP contribution in [0, 0.1) is 0 Å². The molecule has 0 saturated heterocycles. The minimum Gasteiger partial charge on any atom is -0.493 e. The Hall–Kier alpha value is -2.01.